The molecular formula is C16H30N2O. The van der Waals surface area contributed by atoms with Crippen molar-refractivity contribution in [1.29, 1.82) is 0 Å². The van der Waals surface area contributed by atoms with E-state index in [1.165, 1.54) is 18.4 Å². The van der Waals surface area contributed by atoms with E-state index in [0.29, 0.717) is 18.3 Å². The van der Waals surface area contributed by atoms with E-state index in [1.807, 2.05) is 0 Å². The molecule has 1 aliphatic rings. The second-order valence-corrected chi connectivity index (χ2v) is 6.45. The van der Waals surface area contributed by atoms with Crippen LogP contribution in [0.5, 0.6) is 0 Å². The minimum absolute atomic E-state index is 0.161. The van der Waals surface area contributed by atoms with Gasteiger partial charge in [0.25, 0.3) is 0 Å². The summed E-state index contributed by atoms with van der Waals surface area (Å²) >= 11 is 0. The summed E-state index contributed by atoms with van der Waals surface area (Å²) in [4.78, 5) is 11.5. The van der Waals surface area contributed by atoms with Crippen molar-refractivity contribution in [1.82, 2.24) is 10.6 Å². The minimum atomic E-state index is 0.161. The lowest BCUT2D eigenvalue weighted by molar-refractivity contribution is -0.121. The summed E-state index contributed by atoms with van der Waals surface area (Å²) < 4.78 is 0. The molecule has 3 heteroatoms. The van der Waals surface area contributed by atoms with Crippen molar-refractivity contribution in [2.24, 2.45) is 17.8 Å². The summed E-state index contributed by atoms with van der Waals surface area (Å²) in [7, 11) is 0. The van der Waals surface area contributed by atoms with E-state index in [0.717, 1.165) is 25.6 Å². The third-order valence-electron chi connectivity index (χ3n) is 3.55. The molecule has 1 amide bonds. The van der Waals surface area contributed by atoms with Crippen molar-refractivity contribution in [2.75, 3.05) is 19.6 Å². The van der Waals surface area contributed by atoms with Gasteiger partial charge in [-0.2, -0.15) is 0 Å². The molecule has 0 aliphatic heterocycles. The second kappa shape index (κ2) is 8.36. The van der Waals surface area contributed by atoms with Gasteiger partial charge < -0.3 is 10.6 Å². The Morgan fingerprint density at radius 1 is 1.47 bits per heavy atom. The maximum Gasteiger partial charge on any atom is 0.221 e. The van der Waals surface area contributed by atoms with Gasteiger partial charge in [-0.25, -0.2) is 0 Å². The first-order valence-corrected chi connectivity index (χ1v) is 7.62. The second-order valence-electron chi connectivity index (χ2n) is 6.45. The Balaban J connectivity index is 2.08. The van der Waals surface area contributed by atoms with E-state index in [4.69, 9.17) is 0 Å². The minimum Gasteiger partial charge on any atom is -0.356 e. The van der Waals surface area contributed by atoms with Crippen LogP contribution in [0.15, 0.2) is 11.6 Å². The van der Waals surface area contributed by atoms with Crippen LogP contribution in [0.1, 0.15) is 47.0 Å². The molecule has 1 rings (SSSR count). The number of amides is 1. The first-order chi connectivity index (χ1) is 8.97. The highest BCUT2D eigenvalue weighted by atomic mass is 16.1. The SMILES string of the molecule is CC1=CC(C)CC(CNCCC(=O)NCC(C)C)C1. The molecule has 0 aromatic carbocycles. The highest BCUT2D eigenvalue weighted by Gasteiger charge is 2.17. The van der Waals surface area contributed by atoms with E-state index in [-0.39, 0.29) is 5.91 Å². The third kappa shape index (κ3) is 7.36. The van der Waals surface area contributed by atoms with Gasteiger partial charge in [0.05, 0.1) is 0 Å². The summed E-state index contributed by atoms with van der Waals surface area (Å²) in [6, 6.07) is 0. The van der Waals surface area contributed by atoms with Crippen molar-refractivity contribution in [3.63, 3.8) is 0 Å². The first-order valence-electron chi connectivity index (χ1n) is 7.62. The van der Waals surface area contributed by atoms with Crippen molar-refractivity contribution in [3.05, 3.63) is 11.6 Å². The van der Waals surface area contributed by atoms with Crippen LogP contribution >= 0.6 is 0 Å². The Bertz CT molecular complexity index is 310. The van der Waals surface area contributed by atoms with Crippen LogP contribution in [0.2, 0.25) is 0 Å². The molecule has 110 valence electrons. The van der Waals surface area contributed by atoms with Crippen molar-refractivity contribution in [2.45, 2.75) is 47.0 Å². The Morgan fingerprint density at radius 2 is 2.21 bits per heavy atom. The first kappa shape index (κ1) is 16.2. The molecule has 2 unspecified atom stereocenters. The molecule has 0 bridgehead atoms. The molecule has 19 heavy (non-hydrogen) atoms. The zero-order valence-corrected chi connectivity index (χ0v) is 13.0. The monoisotopic (exact) mass is 266 g/mol. The Kier molecular flexibility index (Phi) is 7.14. The lowest BCUT2D eigenvalue weighted by Gasteiger charge is -2.25. The van der Waals surface area contributed by atoms with Crippen molar-refractivity contribution >= 4 is 5.91 Å². The fraction of sp³-hybridized carbons (Fsp3) is 0.812. The van der Waals surface area contributed by atoms with Gasteiger partial charge in [-0.3, -0.25) is 4.79 Å². The molecule has 0 radical (unpaired) electrons. The van der Waals surface area contributed by atoms with Crippen LogP contribution in [0.4, 0.5) is 0 Å². The molecule has 0 heterocycles. The van der Waals surface area contributed by atoms with Crippen molar-refractivity contribution < 1.29 is 4.79 Å². The maximum absolute atomic E-state index is 11.5. The van der Waals surface area contributed by atoms with E-state index in [9.17, 15) is 4.79 Å². The van der Waals surface area contributed by atoms with Gasteiger partial charge in [0.15, 0.2) is 0 Å². The predicted octanol–water partition coefficient (Wildman–Crippen LogP) is 2.73. The summed E-state index contributed by atoms with van der Waals surface area (Å²) in [6.45, 7) is 11.3. The van der Waals surface area contributed by atoms with Gasteiger partial charge in [-0.05, 0) is 44.1 Å². The fourth-order valence-corrected chi connectivity index (χ4v) is 2.76. The number of hydrogen-bond donors (Lipinski definition) is 2. The zero-order chi connectivity index (χ0) is 14.3. The number of allylic oxidation sites excluding steroid dienone is 2. The number of hydrogen-bond acceptors (Lipinski definition) is 2. The Labute approximate surface area is 118 Å². The van der Waals surface area contributed by atoms with Crippen LogP contribution in [-0.4, -0.2) is 25.5 Å². The van der Waals surface area contributed by atoms with Gasteiger partial charge in [-0.15, -0.1) is 0 Å². The molecular weight excluding hydrogens is 236 g/mol. The Hall–Kier alpha value is -0.830. The highest BCUT2D eigenvalue weighted by molar-refractivity contribution is 5.76. The van der Waals surface area contributed by atoms with E-state index in [1.54, 1.807) is 0 Å². The van der Waals surface area contributed by atoms with Crippen LogP contribution in [0.3, 0.4) is 0 Å². The molecule has 0 aromatic heterocycles. The number of rotatable bonds is 7. The third-order valence-corrected chi connectivity index (χ3v) is 3.55. The van der Waals surface area contributed by atoms with E-state index < -0.39 is 0 Å². The van der Waals surface area contributed by atoms with Crippen LogP contribution in [0.25, 0.3) is 0 Å². The summed E-state index contributed by atoms with van der Waals surface area (Å²) in [5.74, 6) is 2.12. The van der Waals surface area contributed by atoms with Gasteiger partial charge in [0.2, 0.25) is 5.91 Å². The lowest BCUT2D eigenvalue weighted by Crippen LogP contribution is -2.32. The normalized spacial score (nSPS) is 23.3. The van der Waals surface area contributed by atoms with E-state index in [2.05, 4.69) is 44.4 Å². The van der Waals surface area contributed by atoms with Gasteiger partial charge in [-0.1, -0.05) is 32.4 Å². The van der Waals surface area contributed by atoms with Gasteiger partial charge in [0.1, 0.15) is 0 Å². The molecule has 2 N–H and O–H groups in total. The summed E-state index contributed by atoms with van der Waals surface area (Å²) in [5, 5.41) is 6.37. The standard InChI is InChI=1S/C16H30N2O/c1-12(2)10-18-16(19)5-6-17-11-15-8-13(3)7-14(4)9-15/h7,12-13,15,17H,5-6,8-11H2,1-4H3,(H,18,19). The number of carbonyl (C=O) groups excluding carboxylic acids is 1. The van der Waals surface area contributed by atoms with E-state index >= 15 is 0 Å². The molecule has 2 atom stereocenters. The van der Waals surface area contributed by atoms with Gasteiger partial charge in [0, 0.05) is 19.5 Å². The topological polar surface area (TPSA) is 41.1 Å². The summed E-state index contributed by atoms with van der Waals surface area (Å²) in [6.07, 6.45) is 5.44. The Morgan fingerprint density at radius 3 is 2.84 bits per heavy atom. The average molecular weight is 266 g/mol. The largest absolute Gasteiger partial charge is 0.356 e. The molecule has 3 nitrogen and oxygen atoms in total. The van der Waals surface area contributed by atoms with Crippen LogP contribution in [0, 0.1) is 17.8 Å². The van der Waals surface area contributed by atoms with Gasteiger partial charge >= 0.3 is 0 Å². The van der Waals surface area contributed by atoms with Crippen LogP contribution < -0.4 is 10.6 Å². The van der Waals surface area contributed by atoms with Crippen molar-refractivity contribution in [3.8, 4) is 0 Å². The fourth-order valence-electron chi connectivity index (χ4n) is 2.76. The molecule has 0 saturated heterocycles. The quantitative estimate of drug-likeness (QED) is 0.549. The van der Waals surface area contributed by atoms with Crippen LogP contribution in [-0.2, 0) is 4.79 Å². The predicted molar refractivity (Wildman–Crippen MR) is 81.0 cm³/mol. The molecule has 0 spiro atoms. The lowest BCUT2D eigenvalue weighted by atomic mass is 9.84. The maximum atomic E-state index is 11.5. The molecule has 0 fully saturated rings. The smallest absolute Gasteiger partial charge is 0.221 e. The number of nitrogens with one attached hydrogen (secondary N) is 2. The summed E-state index contributed by atoms with van der Waals surface area (Å²) in [5.41, 5.74) is 1.51. The highest BCUT2D eigenvalue weighted by Crippen LogP contribution is 2.27. The average Bonchev–Trinajstić information content (AvgIpc) is 2.31. The molecule has 1 aliphatic carbocycles. The molecule has 0 aromatic rings. The number of carbonyl (C=O) groups is 1. The zero-order valence-electron chi connectivity index (χ0n) is 13.0. The molecule has 0 saturated carbocycles.